The summed E-state index contributed by atoms with van der Waals surface area (Å²) in [4.78, 5) is 0. The molecule has 0 aliphatic rings. The predicted octanol–water partition coefficient (Wildman–Crippen LogP) is 2.01. The van der Waals surface area contributed by atoms with Crippen LogP contribution in [0.15, 0.2) is 36.4 Å². The van der Waals surface area contributed by atoms with Crippen LogP contribution < -0.4 is 10.1 Å². The van der Waals surface area contributed by atoms with Crippen molar-refractivity contribution in [1.82, 2.24) is 5.32 Å². The molecular formula is C12H17NO. The molecule has 0 radical (unpaired) electrons. The Hall–Kier alpha value is -1.28. The van der Waals surface area contributed by atoms with Crippen LogP contribution in [0, 0.1) is 0 Å². The van der Waals surface area contributed by atoms with E-state index in [0.717, 1.165) is 18.7 Å². The molecule has 76 valence electrons. The van der Waals surface area contributed by atoms with Crippen LogP contribution in [0.3, 0.4) is 0 Å². The van der Waals surface area contributed by atoms with Gasteiger partial charge in [-0.1, -0.05) is 24.3 Å². The Bertz CT molecular complexity index is 290. The average Bonchev–Trinajstić information content (AvgIpc) is 2.19. The molecule has 1 aromatic rings. The average molecular weight is 191 g/mol. The van der Waals surface area contributed by atoms with Crippen LogP contribution in [-0.4, -0.2) is 20.7 Å². The summed E-state index contributed by atoms with van der Waals surface area (Å²) >= 11 is 0. The van der Waals surface area contributed by atoms with E-state index >= 15 is 0 Å². The highest BCUT2D eigenvalue weighted by Gasteiger charge is 1.97. The van der Waals surface area contributed by atoms with E-state index in [2.05, 4.69) is 24.0 Å². The molecule has 14 heavy (non-hydrogen) atoms. The van der Waals surface area contributed by atoms with Gasteiger partial charge < -0.3 is 10.1 Å². The lowest BCUT2D eigenvalue weighted by molar-refractivity contribution is 0.414. The normalized spacial score (nSPS) is 9.86. The molecule has 1 aromatic carbocycles. The van der Waals surface area contributed by atoms with Gasteiger partial charge >= 0.3 is 0 Å². The zero-order valence-corrected chi connectivity index (χ0v) is 8.84. The van der Waals surface area contributed by atoms with E-state index in [1.807, 2.05) is 19.2 Å². The molecule has 0 heterocycles. The summed E-state index contributed by atoms with van der Waals surface area (Å²) in [6.07, 6.45) is 0.921. The van der Waals surface area contributed by atoms with Crippen LogP contribution in [0.2, 0.25) is 0 Å². The fourth-order valence-electron chi connectivity index (χ4n) is 1.34. The maximum atomic E-state index is 5.09. The Labute approximate surface area is 85.6 Å². The number of hydrogen-bond donors (Lipinski definition) is 1. The lowest BCUT2D eigenvalue weighted by Gasteiger charge is -2.05. The standard InChI is InChI=1S/C12H17NO/c1-10(9-13-2)8-11-4-6-12(14-3)7-5-11/h4-7,13H,1,8-9H2,2-3H3. The smallest absolute Gasteiger partial charge is 0.118 e. The fourth-order valence-corrected chi connectivity index (χ4v) is 1.34. The second kappa shape index (κ2) is 5.45. The van der Waals surface area contributed by atoms with Gasteiger partial charge in [-0.2, -0.15) is 0 Å². The summed E-state index contributed by atoms with van der Waals surface area (Å²) in [7, 11) is 3.61. The lowest BCUT2D eigenvalue weighted by atomic mass is 10.1. The Kier molecular flexibility index (Phi) is 4.20. The Balaban J connectivity index is 2.55. The van der Waals surface area contributed by atoms with Gasteiger partial charge in [0.1, 0.15) is 5.75 Å². The predicted molar refractivity (Wildman–Crippen MR) is 59.8 cm³/mol. The van der Waals surface area contributed by atoms with E-state index < -0.39 is 0 Å². The van der Waals surface area contributed by atoms with Gasteiger partial charge in [-0.3, -0.25) is 0 Å². The molecule has 0 fully saturated rings. The van der Waals surface area contributed by atoms with Crippen molar-refractivity contribution in [2.75, 3.05) is 20.7 Å². The monoisotopic (exact) mass is 191 g/mol. The first kappa shape index (κ1) is 10.8. The first-order valence-corrected chi connectivity index (χ1v) is 4.70. The van der Waals surface area contributed by atoms with Gasteiger partial charge in [0.2, 0.25) is 0 Å². The van der Waals surface area contributed by atoms with Gasteiger partial charge in [0.05, 0.1) is 7.11 Å². The third-order valence-corrected chi connectivity index (χ3v) is 2.04. The van der Waals surface area contributed by atoms with E-state index in [0.29, 0.717) is 0 Å². The molecule has 0 aliphatic carbocycles. The number of ether oxygens (including phenoxy) is 1. The minimum atomic E-state index is 0.867. The van der Waals surface area contributed by atoms with Crippen molar-refractivity contribution < 1.29 is 4.74 Å². The van der Waals surface area contributed by atoms with Gasteiger partial charge in [-0.05, 0) is 31.2 Å². The van der Waals surface area contributed by atoms with Crippen molar-refractivity contribution in [2.24, 2.45) is 0 Å². The second-order valence-corrected chi connectivity index (χ2v) is 3.31. The van der Waals surface area contributed by atoms with Gasteiger partial charge in [-0.25, -0.2) is 0 Å². The van der Waals surface area contributed by atoms with Crippen LogP contribution in [0.5, 0.6) is 5.75 Å². The Morgan fingerprint density at radius 1 is 1.36 bits per heavy atom. The molecule has 0 spiro atoms. The molecule has 0 amide bonds. The number of hydrogen-bond acceptors (Lipinski definition) is 2. The molecule has 0 bridgehead atoms. The van der Waals surface area contributed by atoms with Crippen LogP contribution in [-0.2, 0) is 6.42 Å². The highest BCUT2D eigenvalue weighted by atomic mass is 16.5. The molecule has 1 rings (SSSR count). The Morgan fingerprint density at radius 3 is 2.50 bits per heavy atom. The van der Waals surface area contributed by atoms with Gasteiger partial charge in [0.15, 0.2) is 0 Å². The number of likely N-dealkylation sites (N-methyl/N-ethyl adjacent to an activating group) is 1. The van der Waals surface area contributed by atoms with Crippen molar-refractivity contribution in [1.29, 1.82) is 0 Å². The topological polar surface area (TPSA) is 21.3 Å². The van der Waals surface area contributed by atoms with Crippen molar-refractivity contribution in [3.8, 4) is 5.75 Å². The number of rotatable bonds is 5. The molecule has 0 aliphatic heterocycles. The summed E-state index contributed by atoms with van der Waals surface area (Å²) in [6.45, 7) is 4.86. The van der Waals surface area contributed by atoms with Crippen molar-refractivity contribution in [2.45, 2.75) is 6.42 Å². The highest BCUT2D eigenvalue weighted by Crippen LogP contribution is 2.13. The van der Waals surface area contributed by atoms with E-state index in [-0.39, 0.29) is 0 Å². The van der Waals surface area contributed by atoms with E-state index in [1.165, 1.54) is 11.1 Å². The number of benzene rings is 1. The van der Waals surface area contributed by atoms with Crippen molar-refractivity contribution >= 4 is 0 Å². The van der Waals surface area contributed by atoms with Crippen molar-refractivity contribution in [3.63, 3.8) is 0 Å². The number of methoxy groups -OCH3 is 1. The van der Waals surface area contributed by atoms with E-state index in [9.17, 15) is 0 Å². The van der Waals surface area contributed by atoms with Crippen molar-refractivity contribution in [3.05, 3.63) is 42.0 Å². The van der Waals surface area contributed by atoms with Crippen LogP contribution in [0.4, 0.5) is 0 Å². The summed E-state index contributed by atoms with van der Waals surface area (Å²) in [5.74, 6) is 0.896. The maximum Gasteiger partial charge on any atom is 0.118 e. The van der Waals surface area contributed by atoms with Crippen LogP contribution >= 0.6 is 0 Å². The fraction of sp³-hybridized carbons (Fsp3) is 0.333. The first-order valence-electron chi connectivity index (χ1n) is 4.70. The van der Waals surface area contributed by atoms with Gasteiger partial charge in [0, 0.05) is 6.54 Å². The quantitative estimate of drug-likeness (QED) is 0.719. The zero-order valence-electron chi connectivity index (χ0n) is 8.84. The second-order valence-electron chi connectivity index (χ2n) is 3.31. The molecule has 2 heteroatoms. The van der Waals surface area contributed by atoms with Crippen LogP contribution in [0.1, 0.15) is 5.56 Å². The lowest BCUT2D eigenvalue weighted by Crippen LogP contribution is -2.11. The maximum absolute atomic E-state index is 5.09. The summed E-state index contributed by atoms with van der Waals surface area (Å²) < 4.78 is 5.09. The van der Waals surface area contributed by atoms with Crippen LogP contribution in [0.25, 0.3) is 0 Å². The summed E-state index contributed by atoms with van der Waals surface area (Å²) in [5.41, 5.74) is 2.46. The minimum Gasteiger partial charge on any atom is -0.497 e. The minimum absolute atomic E-state index is 0.867. The molecular weight excluding hydrogens is 174 g/mol. The van der Waals surface area contributed by atoms with E-state index in [1.54, 1.807) is 7.11 Å². The molecule has 0 atom stereocenters. The molecule has 2 nitrogen and oxygen atoms in total. The summed E-state index contributed by atoms with van der Waals surface area (Å²) in [5, 5.41) is 3.09. The largest absolute Gasteiger partial charge is 0.497 e. The van der Waals surface area contributed by atoms with Gasteiger partial charge in [0.25, 0.3) is 0 Å². The summed E-state index contributed by atoms with van der Waals surface area (Å²) in [6, 6.07) is 8.09. The van der Waals surface area contributed by atoms with E-state index in [4.69, 9.17) is 4.74 Å². The first-order chi connectivity index (χ1) is 6.76. The SMILES string of the molecule is C=C(CNC)Cc1ccc(OC)cc1. The molecule has 1 N–H and O–H groups in total. The van der Waals surface area contributed by atoms with Gasteiger partial charge in [-0.15, -0.1) is 0 Å². The zero-order chi connectivity index (χ0) is 10.4. The molecule has 0 unspecified atom stereocenters. The third-order valence-electron chi connectivity index (χ3n) is 2.04. The molecule has 0 saturated heterocycles. The Morgan fingerprint density at radius 2 is 2.00 bits per heavy atom. The molecule has 0 aromatic heterocycles. The highest BCUT2D eigenvalue weighted by molar-refractivity contribution is 5.29. The third kappa shape index (κ3) is 3.23. The molecule has 0 saturated carbocycles. The number of nitrogens with one attached hydrogen (secondary N) is 1.